The van der Waals surface area contributed by atoms with Crippen LogP contribution >= 0.6 is 11.6 Å². The number of ether oxygens (including phenoxy) is 1. The minimum Gasteiger partial charge on any atom is -0.438 e. The maximum absolute atomic E-state index is 6.45. The van der Waals surface area contributed by atoms with Gasteiger partial charge in [0.05, 0.1) is 16.0 Å². The number of fused-ring (bicyclic) bond motifs is 3. The van der Waals surface area contributed by atoms with Crippen molar-refractivity contribution in [2.45, 2.75) is 19.5 Å². The van der Waals surface area contributed by atoms with E-state index >= 15 is 0 Å². The molecular weight excluding hydrogens is 308 g/mol. The molecule has 1 aromatic heterocycles. The molecule has 2 unspecified atom stereocenters. The summed E-state index contributed by atoms with van der Waals surface area (Å²) in [5, 5.41) is 1.78. The summed E-state index contributed by atoms with van der Waals surface area (Å²) in [4.78, 5) is 4.66. The largest absolute Gasteiger partial charge is 0.438 e. The topological polar surface area (TPSA) is 27.8 Å². The first-order valence-corrected chi connectivity index (χ1v) is 8.26. The number of aromatic nitrogens is 1. The predicted octanol–water partition coefficient (Wildman–Crippen LogP) is 2.80. The van der Waals surface area contributed by atoms with Gasteiger partial charge < -0.3 is 4.74 Å². The van der Waals surface area contributed by atoms with Gasteiger partial charge in [0.25, 0.3) is 5.52 Å². The zero-order valence-corrected chi connectivity index (χ0v) is 13.7. The SMILES string of the molecule is CC(c1ccccc1)[NH+]1COc2c(cc(Cl)c3ccc[nH+]c23)C1. The van der Waals surface area contributed by atoms with Crippen LogP contribution in [0, 0.1) is 0 Å². The average molecular weight is 327 g/mol. The van der Waals surface area contributed by atoms with Crippen LogP contribution in [0.2, 0.25) is 5.02 Å². The van der Waals surface area contributed by atoms with Crippen molar-refractivity contribution in [2.75, 3.05) is 6.73 Å². The lowest BCUT2D eigenvalue weighted by molar-refractivity contribution is -0.960. The Morgan fingerprint density at radius 2 is 2.00 bits per heavy atom. The fraction of sp³-hybridized carbons (Fsp3) is 0.211. The minimum atomic E-state index is 0.374. The fourth-order valence-electron chi connectivity index (χ4n) is 3.29. The van der Waals surface area contributed by atoms with E-state index in [9.17, 15) is 0 Å². The van der Waals surface area contributed by atoms with Crippen LogP contribution < -0.4 is 14.6 Å². The van der Waals surface area contributed by atoms with Gasteiger partial charge in [-0.2, -0.15) is 0 Å². The van der Waals surface area contributed by atoms with E-state index in [1.165, 1.54) is 10.5 Å². The van der Waals surface area contributed by atoms with Crippen LogP contribution in [0.4, 0.5) is 0 Å². The maximum atomic E-state index is 6.45. The van der Waals surface area contributed by atoms with E-state index in [0.29, 0.717) is 12.8 Å². The van der Waals surface area contributed by atoms with E-state index in [2.05, 4.69) is 42.2 Å². The summed E-state index contributed by atoms with van der Waals surface area (Å²) in [6.07, 6.45) is 1.91. The first kappa shape index (κ1) is 14.5. The summed E-state index contributed by atoms with van der Waals surface area (Å²) in [6.45, 7) is 3.81. The zero-order valence-electron chi connectivity index (χ0n) is 13.0. The second kappa shape index (κ2) is 5.84. The lowest BCUT2D eigenvalue weighted by Crippen LogP contribution is -3.12. The van der Waals surface area contributed by atoms with Gasteiger partial charge >= 0.3 is 0 Å². The lowest BCUT2D eigenvalue weighted by atomic mass is 10.0. The molecule has 116 valence electrons. The van der Waals surface area contributed by atoms with E-state index in [4.69, 9.17) is 16.3 Å². The predicted molar refractivity (Wildman–Crippen MR) is 90.5 cm³/mol. The summed E-state index contributed by atoms with van der Waals surface area (Å²) in [7, 11) is 0. The average Bonchev–Trinajstić information content (AvgIpc) is 2.61. The third-order valence-electron chi connectivity index (χ3n) is 4.66. The summed E-state index contributed by atoms with van der Waals surface area (Å²) in [5.41, 5.74) is 3.48. The second-order valence-corrected chi connectivity index (χ2v) is 6.47. The number of rotatable bonds is 2. The van der Waals surface area contributed by atoms with Crippen molar-refractivity contribution in [3.8, 4) is 5.75 Å². The molecule has 1 aliphatic rings. The molecular formula is C19H19ClN2O+2. The molecule has 0 aliphatic carbocycles. The first-order chi connectivity index (χ1) is 11.2. The van der Waals surface area contributed by atoms with Crippen LogP contribution in [0.5, 0.6) is 5.75 Å². The maximum Gasteiger partial charge on any atom is 0.255 e. The van der Waals surface area contributed by atoms with Crippen molar-refractivity contribution in [1.82, 2.24) is 0 Å². The van der Waals surface area contributed by atoms with Crippen LogP contribution in [-0.4, -0.2) is 6.73 Å². The van der Waals surface area contributed by atoms with Gasteiger partial charge in [-0.15, -0.1) is 0 Å². The molecule has 3 aromatic rings. The third-order valence-corrected chi connectivity index (χ3v) is 4.98. The first-order valence-electron chi connectivity index (χ1n) is 7.88. The summed E-state index contributed by atoms with van der Waals surface area (Å²) >= 11 is 6.45. The fourth-order valence-corrected chi connectivity index (χ4v) is 3.58. The molecule has 3 nitrogen and oxygen atoms in total. The van der Waals surface area contributed by atoms with Crippen LogP contribution in [0.25, 0.3) is 10.9 Å². The summed E-state index contributed by atoms with van der Waals surface area (Å²) in [5.74, 6) is 0.939. The highest BCUT2D eigenvalue weighted by molar-refractivity contribution is 6.35. The van der Waals surface area contributed by atoms with E-state index in [1.807, 2.05) is 24.4 Å². The number of nitrogens with one attached hydrogen (secondary N) is 2. The van der Waals surface area contributed by atoms with Gasteiger partial charge in [0, 0.05) is 11.6 Å². The number of benzene rings is 2. The smallest absolute Gasteiger partial charge is 0.255 e. The number of H-pyrrole nitrogens is 1. The van der Waals surface area contributed by atoms with E-state index < -0.39 is 0 Å². The number of aromatic amines is 1. The lowest BCUT2D eigenvalue weighted by Gasteiger charge is -2.30. The Kier molecular flexibility index (Phi) is 3.68. The Balaban J connectivity index is 1.70. The Bertz CT molecular complexity index is 851. The molecule has 2 N–H and O–H groups in total. The van der Waals surface area contributed by atoms with Gasteiger partial charge in [0.2, 0.25) is 12.5 Å². The minimum absolute atomic E-state index is 0.374. The van der Waals surface area contributed by atoms with Gasteiger partial charge in [-0.3, -0.25) is 4.90 Å². The van der Waals surface area contributed by atoms with Crippen LogP contribution in [0.3, 0.4) is 0 Å². The quantitative estimate of drug-likeness (QED) is 0.770. The molecule has 0 radical (unpaired) electrons. The monoisotopic (exact) mass is 326 g/mol. The number of hydrogen-bond acceptors (Lipinski definition) is 1. The molecule has 2 aromatic carbocycles. The Morgan fingerprint density at radius 3 is 2.83 bits per heavy atom. The van der Waals surface area contributed by atoms with E-state index in [0.717, 1.165) is 33.8 Å². The van der Waals surface area contributed by atoms with Crippen molar-refractivity contribution in [3.63, 3.8) is 0 Å². The van der Waals surface area contributed by atoms with Gasteiger partial charge in [0.15, 0.2) is 6.20 Å². The molecule has 23 heavy (non-hydrogen) atoms. The number of pyridine rings is 1. The normalized spacial score (nSPS) is 18.3. The standard InChI is InChI=1S/C19H17ClN2O/c1-13(14-6-3-2-4-7-14)22-11-15-10-17(20)16-8-5-9-21-18(16)19(15)23-12-22/h2-10,13H,11-12H2,1H3/p+2. The Hall–Kier alpha value is -2.10. The molecule has 1 aliphatic heterocycles. The molecule has 2 heterocycles. The van der Waals surface area contributed by atoms with Crippen molar-refractivity contribution in [2.24, 2.45) is 0 Å². The van der Waals surface area contributed by atoms with Crippen LogP contribution in [0.15, 0.2) is 54.7 Å². The summed E-state index contributed by atoms with van der Waals surface area (Å²) in [6, 6.07) is 17.0. The number of hydrogen-bond donors (Lipinski definition) is 1. The number of quaternary nitrogens is 1. The molecule has 0 fully saturated rings. The van der Waals surface area contributed by atoms with Gasteiger partial charge in [-0.25, -0.2) is 4.98 Å². The Labute approximate surface area is 140 Å². The zero-order chi connectivity index (χ0) is 15.8. The van der Waals surface area contributed by atoms with E-state index in [1.54, 1.807) is 0 Å². The molecule has 0 spiro atoms. The molecule has 4 heteroatoms. The molecule has 0 saturated heterocycles. The van der Waals surface area contributed by atoms with Crippen LogP contribution in [-0.2, 0) is 6.54 Å². The number of halogens is 1. The van der Waals surface area contributed by atoms with Gasteiger partial charge in [-0.1, -0.05) is 41.9 Å². The van der Waals surface area contributed by atoms with Gasteiger partial charge in [-0.05, 0) is 19.1 Å². The highest BCUT2D eigenvalue weighted by Gasteiger charge is 2.30. The second-order valence-electron chi connectivity index (χ2n) is 6.06. The van der Waals surface area contributed by atoms with Crippen LogP contribution in [0.1, 0.15) is 24.1 Å². The third kappa shape index (κ3) is 2.56. The van der Waals surface area contributed by atoms with Crippen molar-refractivity contribution >= 4 is 22.5 Å². The molecule has 0 saturated carbocycles. The van der Waals surface area contributed by atoms with Gasteiger partial charge in [0.1, 0.15) is 12.6 Å². The molecule has 4 rings (SSSR count). The van der Waals surface area contributed by atoms with Crippen molar-refractivity contribution in [1.29, 1.82) is 0 Å². The van der Waals surface area contributed by atoms with E-state index in [-0.39, 0.29) is 0 Å². The highest BCUT2D eigenvalue weighted by Crippen LogP contribution is 2.33. The van der Waals surface area contributed by atoms with Crippen molar-refractivity contribution < 1.29 is 14.6 Å². The van der Waals surface area contributed by atoms with Crippen molar-refractivity contribution in [3.05, 3.63) is 70.9 Å². The summed E-state index contributed by atoms with van der Waals surface area (Å²) < 4.78 is 6.12. The molecule has 0 amide bonds. The molecule has 0 bridgehead atoms. The Morgan fingerprint density at radius 1 is 1.17 bits per heavy atom. The molecule has 2 atom stereocenters. The highest BCUT2D eigenvalue weighted by atomic mass is 35.5.